The molecule has 1 fully saturated rings. The minimum absolute atomic E-state index is 0. The summed E-state index contributed by atoms with van der Waals surface area (Å²) in [6.07, 6.45) is 2.18. The fourth-order valence-electron chi connectivity index (χ4n) is 2.34. The third-order valence-corrected chi connectivity index (χ3v) is 4.48. The molecule has 3 rings (SSSR count). The van der Waals surface area contributed by atoms with Crippen LogP contribution in [-0.2, 0) is 5.75 Å². The molecule has 0 amide bonds. The number of aromatic nitrogens is 2. The van der Waals surface area contributed by atoms with Crippen LogP contribution < -0.4 is 5.32 Å². The summed E-state index contributed by atoms with van der Waals surface area (Å²) in [4.78, 5) is 0. The smallest absolute Gasteiger partial charge is 0.276 e. The summed E-state index contributed by atoms with van der Waals surface area (Å²) < 4.78 is 5.78. The molecule has 0 saturated carbocycles. The first-order chi connectivity index (χ1) is 9.81. The fourth-order valence-corrected chi connectivity index (χ4v) is 3.07. The van der Waals surface area contributed by atoms with E-state index in [9.17, 15) is 0 Å². The molecule has 1 aromatic heterocycles. The Bertz CT molecular complexity index is 552. The minimum Gasteiger partial charge on any atom is -0.416 e. The zero-order valence-corrected chi connectivity index (χ0v) is 13.7. The number of hydrogen-bond donors (Lipinski definition) is 1. The molecule has 1 aliphatic rings. The van der Waals surface area contributed by atoms with Crippen molar-refractivity contribution in [3.05, 3.63) is 41.3 Å². The molecule has 4 nitrogen and oxygen atoms in total. The van der Waals surface area contributed by atoms with E-state index in [0.717, 1.165) is 37.6 Å². The van der Waals surface area contributed by atoms with Crippen LogP contribution in [0.4, 0.5) is 0 Å². The van der Waals surface area contributed by atoms with Gasteiger partial charge in [0.25, 0.3) is 5.22 Å². The summed E-state index contributed by atoms with van der Waals surface area (Å²) in [6.45, 7) is 4.18. The highest BCUT2D eigenvalue weighted by Gasteiger charge is 2.21. The molecule has 0 spiro atoms. The molecule has 0 aliphatic carbocycles. The molecular formula is C15H20ClN3OS. The lowest BCUT2D eigenvalue weighted by Gasteiger charge is -2.18. The first-order valence-corrected chi connectivity index (χ1v) is 8.02. The van der Waals surface area contributed by atoms with Crippen LogP contribution in [0.5, 0.6) is 0 Å². The molecule has 1 saturated heterocycles. The first-order valence-electron chi connectivity index (χ1n) is 7.04. The standard InChI is InChI=1S/C15H19N3OS.ClH/c1-11-2-4-12(5-3-11)10-20-15-18-17-14(19-15)13-6-8-16-9-7-13;/h2-5,13,16H,6-10H2,1H3;1H. The molecule has 0 unspecified atom stereocenters. The summed E-state index contributed by atoms with van der Waals surface area (Å²) in [5, 5.41) is 12.4. The van der Waals surface area contributed by atoms with E-state index in [1.54, 1.807) is 11.8 Å². The molecule has 0 radical (unpaired) electrons. The van der Waals surface area contributed by atoms with Gasteiger partial charge in [0, 0.05) is 11.7 Å². The van der Waals surface area contributed by atoms with Crippen LogP contribution in [-0.4, -0.2) is 23.3 Å². The van der Waals surface area contributed by atoms with Gasteiger partial charge in [-0.1, -0.05) is 41.6 Å². The van der Waals surface area contributed by atoms with Crippen molar-refractivity contribution in [1.29, 1.82) is 0 Å². The van der Waals surface area contributed by atoms with E-state index in [4.69, 9.17) is 4.42 Å². The summed E-state index contributed by atoms with van der Waals surface area (Å²) >= 11 is 1.61. The predicted molar refractivity (Wildman–Crippen MR) is 87.1 cm³/mol. The quantitative estimate of drug-likeness (QED) is 0.871. The Hall–Kier alpha value is -1.04. The lowest BCUT2D eigenvalue weighted by atomic mass is 9.98. The van der Waals surface area contributed by atoms with E-state index < -0.39 is 0 Å². The van der Waals surface area contributed by atoms with Gasteiger partial charge in [-0.25, -0.2) is 0 Å². The molecule has 1 aromatic carbocycles. The number of piperidine rings is 1. The highest BCUT2D eigenvalue weighted by Crippen LogP contribution is 2.28. The average molecular weight is 326 g/mol. The molecule has 1 aliphatic heterocycles. The van der Waals surface area contributed by atoms with E-state index in [2.05, 4.69) is 46.7 Å². The van der Waals surface area contributed by atoms with Gasteiger partial charge in [0.2, 0.25) is 5.89 Å². The Morgan fingerprint density at radius 2 is 1.90 bits per heavy atom. The third-order valence-electron chi connectivity index (χ3n) is 3.59. The highest BCUT2D eigenvalue weighted by molar-refractivity contribution is 7.98. The van der Waals surface area contributed by atoms with Crippen molar-refractivity contribution in [2.75, 3.05) is 13.1 Å². The molecule has 2 aromatic rings. The Labute approximate surface area is 135 Å². The van der Waals surface area contributed by atoms with Crippen LogP contribution in [0.1, 0.15) is 35.8 Å². The monoisotopic (exact) mass is 325 g/mol. The third kappa shape index (κ3) is 4.46. The largest absolute Gasteiger partial charge is 0.416 e. The lowest BCUT2D eigenvalue weighted by molar-refractivity contribution is 0.342. The summed E-state index contributed by atoms with van der Waals surface area (Å²) in [5.41, 5.74) is 2.56. The van der Waals surface area contributed by atoms with E-state index in [-0.39, 0.29) is 12.4 Å². The molecule has 21 heavy (non-hydrogen) atoms. The summed E-state index contributed by atoms with van der Waals surface area (Å²) in [6, 6.07) is 8.55. The van der Waals surface area contributed by atoms with Crippen LogP contribution in [0.3, 0.4) is 0 Å². The molecule has 1 N–H and O–H groups in total. The zero-order valence-electron chi connectivity index (χ0n) is 12.0. The molecule has 6 heteroatoms. The van der Waals surface area contributed by atoms with Gasteiger partial charge < -0.3 is 9.73 Å². The molecule has 2 heterocycles. The van der Waals surface area contributed by atoms with Crippen molar-refractivity contribution in [2.24, 2.45) is 0 Å². The summed E-state index contributed by atoms with van der Waals surface area (Å²) in [5.74, 6) is 2.10. The van der Waals surface area contributed by atoms with Crippen molar-refractivity contribution in [2.45, 2.75) is 36.7 Å². The van der Waals surface area contributed by atoms with E-state index in [1.807, 2.05) is 0 Å². The van der Waals surface area contributed by atoms with Gasteiger partial charge >= 0.3 is 0 Å². The number of benzene rings is 1. The van der Waals surface area contributed by atoms with Gasteiger partial charge in [0.05, 0.1) is 0 Å². The molecular weight excluding hydrogens is 306 g/mol. The number of aryl methyl sites for hydroxylation is 1. The number of halogens is 1. The van der Waals surface area contributed by atoms with Crippen molar-refractivity contribution < 1.29 is 4.42 Å². The van der Waals surface area contributed by atoms with Gasteiger partial charge in [-0.15, -0.1) is 22.6 Å². The van der Waals surface area contributed by atoms with Crippen LogP contribution in [0.2, 0.25) is 0 Å². The summed E-state index contributed by atoms with van der Waals surface area (Å²) in [7, 11) is 0. The van der Waals surface area contributed by atoms with E-state index in [1.165, 1.54) is 11.1 Å². The van der Waals surface area contributed by atoms with E-state index in [0.29, 0.717) is 11.1 Å². The minimum atomic E-state index is 0. The SMILES string of the molecule is Cc1ccc(CSc2nnc(C3CCNCC3)o2)cc1.Cl. The average Bonchev–Trinajstić information content (AvgIpc) is 2.97. The topological polar surface area (TPSA) is 51.0 Å². The number of nitrogens with one attached hydrogen (secondary N) is 1. The Kier molecular flexibility index (Phi) is 6.08. The molecule has 0 bridgehead atoms. The van der Waals surface area contributed by atoms with Gasteiger partial charge in [0.1, 0.15) is 0 Å². The molecule has 0 atom stereocenters. The number of nitrogens with zero attached hydrogens (tertiary/aromatic N) is 2. The fraction of sp³-hybridized carbons (Fsp3) is 0.467. The van der Waals surface area contributed by atoms with Gasteiger partial charge in [0.15, 0.2) is 0 Å². The maximum Gasteiger partial charge on any atom is 0.276 e. The van der Waals surface area contributed by atoms with Crippen molar-refractivity contribution in [3.63, 3.8) is 0 Å². The van der Waals surface area contributed by atoms with Crippen molar-refractivity contribution in [1.82, 2.24) is 15.5 Å². The number of thioether (sulfide) groups is 1. The van der Waals surface area contributed by atoms with Crippen LogP contribution >= 0.6 is 24.2 Å². The van der Waals surface area contributed by atoms with Crippen LogP contribution in [0.15, 0.2) is 33.9 Å². The Balaban J connectivity index is 0.00000161. The van der Waals surface area contributed by atoms with Crippen molar-refractivity contribution in [3.8, 4) is 0 Å². The first kappa shape index (κ1) is 16.3. The maximum atomic E-state index is 5.78. The highest BCUT2D eigenvalue weighted by atomic mass is 35.5. The Morgan fingerprint density at radius 1 is 1.19 bits per heavy atom. The second-order valence-electron chi connectivity index (χ2n) is 5.20. The molecule has 114 valence electrons. The van der Waals surface area contributed by atoms with Crippen LogP contribution in [0.25, 0.3) is 0 Å². The maximum absolute atomic E-state index is 5.78. The van der Waals surface area contributed by atoms with Gasteiger partial charge in [-0.2, -0.15) is 0 Å². The second-order valence-corrected chi connectivity index (χ2v) is 6.13. The lowest BCUT2D eigenvalue weighted by Crippen LogP contribution is -2.26. The number of hydrogen-bond acceptors (Lipinski definition) is 5. The van der Waals surface area contributed by atoms with Gasteiger partial charge in [-0.05, 0) is 38.4 Å². The number of rotatable bonds is 4. The zero-order chi connectivity index (χ0) is 13.8. The normalized spacial score (nSPS) is 15.7. The van der Waals surface area contributed by atoms with E-state index >= 15 is 0 Å². The van der Waals surface area contributed by atoms with Crippen LogP contribution in [0, 0.1) is 6.92 Å². The second kappa shape index (κ2) is 7.82. The predicted octanol–water partition coefficient (Wildman–Crippen LogP) is 3.56. The van der Waals surface area contributed by atoms with Gasteiger partial charge in [-0.3, -0.25) is 0 Å². The van der Waals surface area contributed by atoms with Crippen molar-refractivity contribution >= 4 is 24.2 Å². The Morgan fingerprint density at radius 3 is 2.62 bits per heavy atom.